The number of nitrogens with zero attached hydrogens (tertiary/aromatic N) is 6. The predicted octanol–water partition coefficient (Wildman–Crippen LogP) is 0.110. The molecule has 11 nitrogen and oxygen atoms in total. The molecule has 0 saturated carbocycles. The number of hydrogen-bond acceptors (Lipinski definition) is 9. The normalized spacial score (nSPS) is 14.6. The van der Waals surface area contributed by atoms with Crippen LogP contribution in [0.4, 0.5) is 11.6 Å². The van der Waals surface area contributed by atoms with E-state index in [1.807, 2.05) is 0 Å². The number of hydrogen-bond donors (Lipinski definition) is 3. The number of nitrogen functional groups attached to an aromatic ring is 1. The Hall–Kier alpha value is -3.25. The highest BCUT2D eigenvalue weighted by Crippen LogP contribution is 2.29. The van der Waals surface area contributed by atoms with Gasteiger partial charge in [-0.1, -0.05) is 0 Å². The van der Waals surface area contributed by atoms with Gasteiger partial charge in [0.1, 0.15) is 23.2 Å². The molecule has 0 aliphatic carbocycles. The molecular formula is C15H17N9O2S. The van der Waals surface area contributed by atoms with Gasteiger partial charge in [-0.15, -0.1) is 0 Å². The van der Waals surface area contributed by atoms with Crippen LogP contribution in [0.3, 0.4) is 0 Å². The van der Waals surface area contributed by atoms with E-state index >= 15 is 0 Å². The van der Waals surface area contributed by atoms with Crippen LogP contribution in [0.15, 0.2) is 36.3 Å². The van der Waals surface area contributed by atoms with Crippen LogP contribution in [0.1, 0.15) is 5.82 Å². The molecule has 4 heterocycles. The van der Waals surface area contributed by atoms with Crippen LogP contribution in [0.5, 0.6) is 0 Å². The van der Waals surface area contributed by atoms with Crippen LogP contribution in [0, 0.1) is 6.92 Å². The van der Waals surface area contributed by atoms with Crippen molar-refractivity contribution in [3.8, 4) is 11.4 Å². The maximum absolute atomic E-state index is 12.0. The van der Waals surface area contributed by atoms with Gasteiger partial charge in [-0.25, -0.2) is 33.3 Å². The second-order valence-electron chi connectivity index (χ2n) is 5.93. The fourth-order valence-corrected chi connectivity index (χ4v) is 3.62. The van der Waals surface area contributed by atoms with Crippen molar-refractivity contribution in [2.45, 2.75) is 6.92 Å². The molecule has 1 aliphatic rings. The van der Waals surface area contributed by atoms with Crippen LogP contribution in [0.2, 0.25) is 0 Å². The van der Waals surface area contributed by atoms with Gasteiger partial charge in [0.2, 0.25) is 10.0 Å². The summed E-state index contributed by atoms with van der Waals surface area (Å²) in [6.07, 6.45) is 4.45. The molecule has 0 spiro atoms. The van der Waals surface area contributed by atoms with Crippen molar-refractivity contribution in [3.05, 3.63) is 42.1 Å². The molecule has 0 bridgehead atoms. The predicted molar refractivity (Wildman–Crippen MR) is 99.6 cm³/mol. The third kappa shape index (κ3) is 3.15. The first-order valence-electron chi connectivity index (χ1n) is 7.99. The molecule has 27 heavy (non-hydrogen) atoms. The van der Waals surface area contributed by atoms with E-state index in [9.17, 15) is 8.42 Å². The average molecular weight is 387 g/mol. The number of imidazole rings is 1. The number of aryl methyl sites for hydroxylation is 1. The summed E-state index contributed by atoms with van der Waals surface area (Å²) in [6, 6.07) is 5.16. The molecule has 4 N–H and O–H groups in total. The van der Waals surface area contributed by atoms with Crippen molar-refractivity contribution in [1.82, 2.24) is 34.4 Å². The Morgan fingerprint density at radius 3 is 2.85 bits per heavy atom. The molecule has 140 valence electrons. The summed E-state index contributed by atoms with van der Waals surface area (Å²) in [5.74, 6) is 1.56. The molecule has 0 atom stereocenters. The minimum Gasteiger partial charge on any atom is -0.384 e. The number of anilines is 2. The zero-order chi connectivity index (χ0) is 19.2. The van der Waals surface area contributed by atoms with E-state index in [1.165, 1.54) is 0 Å². The highest BCUT2D eigenvalue weighted by atomic mass is 32.2. The summed E-state index contributed by atoms with van der Waals surface area (Å²) < 4.78 is 26.6. The lowest BCUT2D eigenvalue weighted by molar-refractivity contribution is 0.428. The minimum atomic E-state index is -3.50. The monoisotopic (exact) mass is 387 g/mol. The third-order valence-corrected chi connectivity index (χ3v) is 4.81. The topological polar surface area (TPSA) is 143 Å². The summed E-state index contributed by atoms with van der Waals surface area (Å²) in [7, 11) is -3.50. The minimum absolute atomic E-state index is 0.314. The molecule has 1 aliphatic heterocycles. The second kappa shape index (κ2) is 6.17. The van der Waals surface area contributed by atoms with Crippen molar-refractivity contribution in [2.24, 2.45) is 0 Å². The van der Waals surface area contributed by atoms with Gasteiger partial charge >= 0.3 is 0 Å². The number of nitrogens with one attached hydrogen (secondary N) is 2. The number of hydrazine groups is 1. The van der Waals surface area contributed by atoms with Crippen LogP contribution in [-0.4, -0.2) is 50.2 Å². The highest BCUT2D eigenvalue weighted by molar-refractivity contribution is 7.88. The van der Waals surface area contributed by atoms with Gasteiger partial charge < -0.3 is 11.1 Å². The summed E-state index contributed by atoms with van der Waals surface area (Å²) >= 11 is 0. The lowest BCUT2D eigenvalue weighted by Gasteiger charge is -2.20. The van der Waals surface area contributed by atoms with Gasteiger partial charge in [-0.05, 0) is 25.1 Å². The maximum Gasteiger partial charge on any atom is 0.247 e. The quantitative estimate of drug-likeness (QED) is 0.568. The van der Waals surface area contributed by atoms with E-state index in [0.29, 0.717) is 46.9 Å². The van der Waals surface area contributed by atoms with Crippen LogP contribution in [-0.2, 0) is 10.0 Å². The number of rotatable bonds is 4. The molecule has 0 unspecified atom stereocenters. The van der Waals surface area contributed by atoms with E-state index in [0.717, 1.165) is 10.7 Å². The first-order valence-corrected chi connectivity index (χ1v) is 9.84. The van der Waals surface area contributed by atoms with Crippen molar-refractivity contribution >= 4 is 27.3 Å². The van der Waals surface area contributed by atoms with Gasteiger partial charge in [0.25, 0.3) is 0 Å². The van der Waals surface area contributed by atoms with Crippen LogP contribution < -0.4 is 16.5 Å². The fraction of sp³-hybridized carbons (Fsp3) is 0.200. The Labute approximate surface area is 155 Å². The van der Waals surface area contributed by atoms with E-state index in [-0.39, 0.29) is 0 Å². The van der Waals surface area contributed by atoms with Crippen LogP contribution >= 0.6 is 0 Å². The van der Waals surface area contributed by atoms with Crippen molar-refractivity contribution < 1.29 is 8.42 Å². The second-order valence-corrected chi connectivity index (χ2v) is 7.76. The maximum atomic E-state index is 12.0. The van der Waals surface area contributed by atoms with E-state index in [4.69, 9.17) is 5.73 Å². The Bertz CT molecular complexity index is 1150. The van der Waals surface area contributed by atoms with E-state index in [1.54, 1.807) is 41.9 Å². The first-order chi connectivity index (χ1) is 12.8. The smallest absolute Gasteiger partial charge is 0.247 e. The molecule has 12 heteroatoms. The Balaban J connectivity index is 1.86. The standard InChI is InChI=1S/C15H17N9O2S/c1-9-19-10(8-11(16)20-9)14-15(21-12-4-3-6-17-23(12)14)22-13-5-7-18-24(13)27(2,25)26/h3-6,8,18,22H,7H2,1-2H3,(H2,16,19,20). The summed E-state index contributed by atoms with van der Waals surface area (Å²) in [4.78, 5) is 13.0. The molecule has 0 radical (unpaired) electrons. The van der Waals surface area contributed by atoms with Crippen molar-refractivity contribution in [3.63, 3.8) is 0 Å². The summed E-state index contributed by atoms with van der Waals surface area (Å²) in [6.45, 7) is 2.11. The molecule has 3 aromatic heterocycles. The van der Waals surface area contributed by atoms with Gasteiger partial charge in [0.15, 0.2) is 11.5 Å². The molecule has 0 fully saturated rings. The third-order valence-electron chi connectivity index (χ3n) is 3.82. The number of aromatic nitrogens is 5. The highest BCUT2D eigenvalue weighted by Gasteiger charge is 2.26. The van der Waals surface area contributed by atoms with E-state index < -0.39 is 10.0 Å². The largest absolute Gasteiger partial charge is 0.384 e. The van der Waals surface area contributed by atoms with Gasteiger partial charge in [-0.3, -0.25) is 0 Å². The van der Waals surface area contributed by atoms with Gasteiger partial charge in [0, 0.05) is 18.8 Å². The van der Waals surface area contributed by atoms with E-state index in [2.05, 4.69) is 30.8 Å². The fourth-order valence-electron chi connectivity index (χ4n) is 2.83. The molecule has 0 saturated heterocycles. The average Bonchev–Trinajstić information content (AvgIpc) is 3.17. The lowest BCUT2D eigenvalue weighted by atomic mass is 10.3. The number of nitrogens with two attached hydrogens (primary N) is 1. The Morgan fingerprint density at radius 1 is 1.30 bits per heavy atom. The van der Waals surface area contributed by atoms with Crippen LogP contribution in [0.25, 0.3) is 17.0 Å². The SMILES string of the molecule is Cc1nc(N)cc(-c2c(NC3=CCNN3S(C)(=O)=O)nc3cccnn23)n1. The molecule has 4 rings (SSSR count). The molecule has 0 aromatic carbocycles. The molecular weight excluding hydrogens is 370 g/mol. The summed E-state index contributed by atoms with van der Waals surface area (Å²) in [5, 5.41) is 7.39. The zero-order valence-electron chi connectivity index (χ0n) is 14.6. The van der Waals surface area contributed by atoms with Crippen molar-refractivity contribution in [1.29, 1.82) is 0 Å². The molecule has 0 amide bonds. The molecule has 3 aromatic rings. The number of fused-ring (bicyclic) bond motifs is 1. The first kappa shape index (κ1) is 17.2. The van der Waals surface area contributed by atoms with Crippen molar-refractivity contribution in [2.75, 3.05) is 23.9 Å². The van der Waals surface area contributed by atoms with Gasteiger partial charge in [0.05, 0.1) is 11.9 Å². The number of sulfonamides is 1. The lowest BCUT2D eigenvalue weighted by Crippen LogP contribution is -2.38. The Kier molecular flexibility index (Phi) is 3.93. The zero-order valence-corrected chi connectivity index (χ0v) is 15.4. The summed E-state index contributed by atoms with van der Waals surface area (Å²) in [5.41, 5.74) is 10.3. The van der Waals surface area contributed by atoms with Gasteiger partial charge in [-0.2, -0.15) is 9.51 Å². The Morgan fingerprint density at radius 2 is 2.11 bits per heavy atom.